The fourth-order valence-electron chi connectivity index (χ4n) is 2.70. The van der Waals surface area contributed by atoms with Crippen LogP contribution in [0.15, 0.2) is 34.6 Å². The highest BCUT2D eigenvalue weighted by Gasteiger charge is 2.43. The summed E-state index contributed by atoms with van der Waals surface area (Å²) in [4.78, 5) is 23.4. The first-order chi connectivity index (χ1) is 9.41. The summed E-state index contributed by atoms with van der Waals surface area (Å²) in [6, 6.07) is 0. The Morgan fingerprint density at radius 3 is 2.90 bits per heavy atom. The maximum Gasteiger partial charge on any atom is 0.341 e. The Kier molecular flexibility index (Phi) is 2.83. The van der Waals surface area contributed by atoms with Gasteiger partial charge in [0.05, 0.1) is 19.1 Å². The van der Waals surface area contributed by atoms with Gasteiger partial charge in [-0.1, -0.05) is 6.08 Å². The van der Waals surface area contributed by atoms with Crippen LogP contribution in [0.3, 0.4) is 0 Å². The number of hydrogen-bond donors (Lipinski definition) is 0. The van der Waals surface area contributed by atoms with E-state index >= 15 is 0 Å². The molecule has 0 aromatic heterocycles. The minimum Gasteiger partial charge on any atom is -0.465 e. The predicted molar refractivity (Wildman–Crippen MR) is 69.5 cm³/mol. The molecule has 1 unspecified atom stereocenters. The van der Waals surface area contributed by atoms with E-state index in [1.807, 2.05) is 19.9 Å². The van der Waals surface area contributed by atoms with Gasteiger partial charge in [0.2, 0.25) is 0 Å². The minimum absolute atomic E-state index is 0.155. The van der Waals surface area contributed by atoms with Gasteiger partial charge in [-0.25, -0.2) is 4.79 Å². The van der Waals surface area contributed by atoms with Crippen molar-refractivity contribution in [3.8, 4) is 0 Å². The molecule has 5 nitrogen and oxygen atoms in total. The van der Waals surface area contributed by atoms with Crippen molar-refractivity contribution in [2.45, 2.75) is 38.4 Å². The highest BCUT2D eigenvalue weighted by atomic mass is 16.6. The van der Waals surface area contributed by atoms with Crippen LogP contribution in [-0.2, 0) is 23.8 Å². The van der Waals surface area contributed by atoms with Gasteiger partial charge in [0.15, 0.2) is 0 Å². The molecule has 2 aliphatic heterocycles. The van der Waals surface area contributed by atoms with E-state index in [9.17, 15) is 9.59 Å². The van der Waals surface area contributed by atoms with Crippen LogP contribution in [0.5, 0.6) is 0 Å². The van der Waals surface area contributed by atoms with Crippen molar-refractivity contribution in [1.29, 1.82) is 0 Å². The van der Waals surface area contributed by atoms with E-state index in [1.54, 1.807) is 6.08 Å². The molecule has 2 heterocycles. The number of carbonyl (C=O) groups is 2. The van der Waals surface area contributed by atoms with E-state index in [1.165, 1.54) is 7.11 Å². The van der Waals surface area contributed by atoms with Crippen molar-refractivity contribution in [3.05, 3.63) is 34.6 Å². The Morgan fingerprint density at radius 1 is 1.45 bits per heavy atom. The average molecular weight is 276 g/mol. The van der Waals surface area contributed by atoms with E-state index in [0.29, 0.717) is 11.3 Å². The first kappa shape index (κ1) is 13.1. The van der Waals surface area contributed by atoms with Crippen molar-refractivity contribution in [3.63, 3.8) is 0 Å². The van der Waals surface area contributed by atoms with E-state index in [2.05, 4.69) is 0 Å². The molecular formula is C15H16O5. The smallest absolute Gasteiger partial charge is 0.341 e. The standard InChI is InChI=1S/C15H16O5/c1-15(2)5-4-8-6-10(14(17)18-3)13-9(12(8)20-15)7-11(16)19-13/h4,6,12H,5,7H2,1-3H3. The first-order valence-electron chi connectivity index (χ1n) is 6.53. The molecule has 0 fully saturated rings. The van der Waals surface area contributed by atoms with Gasteiger partial charge in [-0.15, -0.1) is 0 Å². The van der Waals surface area contributed by atoms with Gasteiger partial charge in [-0.2, -0.15) is 0 Å². The molecule has 3 rings (SSSR count). The maximum atomic E-state index is 11.8. The van der Waals surface area contributed by atoms with Crippen LogP contribution in [0.1, 0.15) is 26.7 Å². The second-order valence-corrected chi connectivity index (χ2v) is 5.72. The highest BCUT2D eigenvalue weighted by molar-refractivity contribution is 5.97. The van der Waals surface area contributed by atoms with Gasteiger partial charge in [-0.3, -0.25) is 4.79 Å². The van der Waals surface area contributed by atoms with Crippen LogP contribution in [0.25, 0.3) is 0 Å². The Hall–Kier alpha value is -1.88. The number of esters is 2. The lowest BCUT2D eigenvalue weighted by molar-refractivity contribution is -0.138. The van der Waals surface area contributed by atoms with Gasteiger partial charge in [-0.05, 0) is 31.9 Å². The zero-order valence-corrected chi connectivity index (χ0v) is 11.7. The third-order valence-electron chi connectivity index (χ3n) is 3.69. The molecule has 0 spiro atoms. The average Bonchev–Trinajstić information content (AvgIpc) is 2.78. The van der Waals surface area contributed by atoms with Crippen LogP contribution < -0.4 is 0 Å². The summed E-state index contributed by atoms with van der Waals surface area (Å²) in [7, 11) is 1.31. The summed E-state index contributed by atoms with van der Waals surface area (Å²) in [6.07, 6.45) is 4.34. The number of rotatable bonds is 1. The largest absolute Gasteiger partial charge is 0.465 e. The molecule has 0 bridgehead atoms. The van der Waals surface area contributed by atoms with Crippen LogP contribution >= 0.6 is 0 Å². The van der Waals surface area contributed by atoms with Crippen LogP contribution in [0, 0.1) is 0 Å². The summed E-state index contributed by atoms with van der Waals surface area (Å²) in [5, 5.41) is 0. The van der Waals surface area contributed by atoms with Crippen molar-refractivity contribution in [1.82, 2.24) is 0 Å². The molecule has 5 heteroatoms. The van der Waals surface area contributed by atoms with Crippen molar-refractivity contribution in [2.24, 2.45) is 0 Å². The minimum atomic E-state index is -0.503. The summed E-state index contributed by atoms with van der Waals surface area (Å²) in [5.74, 6) is -0.559. The third kappa shape index (κ3) is 1.98. The first-order valence-corrected chi connectivity index (χ1v) is 6.53. The number of ether oxygens (including phenoxy) is 3. The van der Waals surface area contributed by atoms with Crippen molar-refractivity contribution >= 4 is 11.9 Å². The van der Waals surface area contributed by atoms with E-state index < -0.39 is 5.97 Å². The molecular weight excluding hydrogens is 260 g/mol. The Morgan fingerprint density at radius 2 is 2.20 bits per heavy atom. The molecule has 106 valence electrons. The number of methoxy groups -OCH3 is 1. The van der Waals surface area contributed by atoms with Crippen LogP contribution in [-0.4, -0.2) is 30.8 Å². The van der Waals surface area contributed by atoms with E-state index in [0.717, 1.165) is 17.6 Å². The summed E-state index contributed by atoms with van der Waals surface area (Å²) in [6.45, 7) is 4.00. The molecule has 0 aromatic rings. The van der Waals surface area contributed by atoms with Gasteiger partial charge in [0, 0.05) is 5.57 Å². The van der Waals surface area contributed by atoms with Crippen molar-refractivity contribution in [2.75, 3.05) is 7.11 Å². The zero-order chi connectivity index (χ0) is 14.5. The Bertz CT molecular complexity index is 591. The lowest BCUT2D eigenvalue weighted by atomic mass is 9.85. The van der Waals surface area contributed by atoms with E-state index in [-0.39, 0.29) is 24.1 Å². The molecule has 0 N–H and O–H groups in total. The Balaban J connectivity index is 2.08. The molecule has 0 saturated heterocycles. The summed E-state index contributed by atoms with van der Waals surface area (Å²) >= 11 is 0. The molecule has 0 aromatic carbocycles. The number of hydrogen-bond acceptors (Lipinski definition) is 5. The third-order valence-corrected chi connectivity index (χ3v) is 3.69. The van der Waals surface area contributed by atoms with Gasteiger partial charge in [0.25, 0.3) is 0 Å². The predicted octanol–water partition coefficient (Wildman–Crippen LogP) is 1.79. The topological polar surface area (TPSA) is 61.8 Å². The molecule has 0 radical (unpaired) electrons. The molecule has 0 amide bonds. The fourth-order valence-corrected chi connectivity index (χ4v) is 2.70. The monoisotopic (exact) mass is 276 g/mol. The maximum absolute atomic E-state index is 11.8. The normalized spacial score (nSPS) is 27.1. The van der Waals surface area contributed by atoms with Crippen LogP contribution in [0.4, 0.5) is 0 Å². The summed E-state index contributed by atoms with van der Waals surface area (Å²) < 4.78 is 16.0. The van der Waals surface area contributed by atoms with E-state index in [4.69, 9.17) is 14.2 Å². The lowest BCUT2D eigenvalue weighted by Crippen LogP contribution is -2.37. The Labute approximate surface area is 116 Å². The molecule has 1 atom stereocenters. The highest BCUT2D eigenvalue weighted by Crippen LogP contribution is 2.42. The van der Waals surface area contributed by atoms with Gasteiger partial charge < -0.3 is 14.2 Å². The van der Waals surface area contributed by atoms with Crippen molar-refractivity contribution < 1.29 is 23.8 Å². The van der Waals surface area contributed by atoms with Gasteiger partial charge >= 0.3 is 11.9 Å². The van der Waals surface area contributed by atoms with Gasteiger partial charge in [0.1, 0.15) is 17.4 Å². The second kappa shape index (κ2) is 4.31. The van der Waals surface area contributed by atoms with Crippen LogP contribution in [0.2, 0.25) is 0 Å². The molecule has 1 aliphatic carbocycles. The quantitative estimate of drug-likeness (QED) is 0.683. The SMILES string of the molecule is COC(=O)C1=CC2=CCC(C)(C)OC2C2=C1OC(=O)C2. The second-order valence-electron chi connectivity index (χ2n) is 5.72. The zero-order valence-electron chi connectivity index (χ0n) is 11.7. The lowest BCUT2D eigenvalue weighted by Gasteiger charge is -2.37. The fraction of sp³-hybridized carbons (Fsp3) is 0.467. The molecule has 0 saturated carbocycles. The molecule has 3 aliphatic rings. The molecule has 20 heavy (non-hydrogen) atoms. The summed E-state index contributed by atoms with van der Waals surface area (Å²) in [5.41, 5.74) is 1.60. The number of carbonyl (C=O) groups excluding carboxylic acids is 2. The number of fused-ring (bicyclic) bond motifs is 2.